The van der Waals surface area contributed by atoms with E-state index < -0.39 is 0 Å². The van der Waals surface area contributed by atoms with Crippen molar-refractivity contribution in [1.82, 2.24) is 4.90 Å². The number of thioether (sulfide) groups is 1. The summed E-state index contributed by atoms with van der Waals surface area (Å²) in [6.07, 6.45) is 1.75. The van der Waals surface area contributed by atoms with E-state index in [1.165, 1.54) is 4.90 Å². The van der Waals surface area contributed by atoms with Gasteiger partial charge in [0.1, 0.15) is 5.75 Å². The van der Waals surface area contributed by atoms with Crippen molar-refractivity contribution in [3.63, 3.8) is 0 Å². The molecule has 1 saturated heterocycles. The summed E-state index contributed by atoms with van der Waals surface area (Å²) in [6, 6.07) is 15.1. The summed E-state index contributed by atoms with van der Waals surface area (Å²) in [5.41, 5.74) is 1.76. The highest BCUT2D eigenvalue weighted by Gasteiger charge is 2.35. The maximum atomic E-state index is 12.7. The molecule has 2 aromatic rings. The summed E-state index contributed by atoms with van der Waals surface area (Å²) in [4.78, 5) is 26.7. The first-order valence-corrected chi connectivity index (χ1v) is 10.3. The molecule has 0 aliphatic carbocycles. The monoisotopic (exact) mass is 445 g/mol. The number of ether oxygens (including phenoxy) is 1. The Morgan fingerprint density at radius 2 is 1.81 bits per heavy atom. The van der Waals surface area contributed by atoms with E-state index in [1.807, 2.05) is 48.5 Å². The Labute approximate surface area is 171 Å². The maximum absolute atomic E-state index is 12.7. The van der Waals surface area contributed by atoms with Gasteiger partial charge in [-0.2, -0.15) is 0 Å². The van der Waals surface area contributed by atoms with Crippen LogP contribution in [0.2, 0.25) is 0 Å². The average Bonchev–Trinajstić information content (AvgIpc) is 2.90. The van der Waals surface area contributed by atoms with Crippen molar-refractivity contribution in [2.24, 2.45) is 5.92 Å². The second-order valence-electron chi connectivity index (χ2n) is 6.63. The molecule has 0 bridgehead atoms. The lowest BCUT2D eigenvalue weighted by molar-refractivity contribution is -0.123. The molecule has 1 heterocycles. The van der Waals surface area contributed by atoms with Crippen molar-refractivity contribution in [3.8, 4) is 5.75 Å². The van der Waals surface area contributed by atoms with Crippen LogP contribution in [0, 0.1) is 5.92 Å². The number of hydrogen-bond acceptors (Lipinski definition) is 4. The van der Waals surface area contributed by atoms with Crippen LogP contribution in [0.15, 0.2) is 57.9 Å². The van der Waals surface area contributed by atoms with Gasteiger partial charge in [0.25, 0.3) is 11.1 Å². The lowest BCUT2D eigenvalue weighted by atomic mass is 10.2. The van der Waals surface area contributed by atoms with E-state index in [4.69, 9.17) is 4.74 Å². The third-order valence-corrected chi connectivity index (χ3v) is 5.60. The number of amides is 2. The summed E-state index contributed by atoms with van der Waals surface area (Å²) in [7, 11) is 0. The summed E-state index contributed by atoms with van der Waals surface area (Å²) in [5, 5.41) is -0.251. The Morgan fingerprint density at radius 3 is 2.48 bits per heavy atom. The number of carbonyl (C=O) groups excluding carboxylic acids is 2. The van der Waals surface area contributed by atoms with E-state index in [9.17, 15) is 9.59 Å². The number of imide groups is 1. The van der Waals surface area contributed by atoms with E-state index in [0.717, 1.165) is 33.1 Å². The van der Waals surface area contributed by atoms with Gasteiger partial charge in [-0.25, -0.2) is 0 Å². The number of rotatable bonds is 6. The fourth-order valence-corrected chi connectivity index (χ4v) is 3.76. The predicted molar refractivity (Wildman–Crippen MR) is 112 cm³/mol. The van der Waals surface area contributed by atoms with Crippen LogP contribution in [-0.4, -0.2) is 22.7 Å². The van der Waals surface area contributed by atoms with Gasteiger partial charge in [-0.05, 0) is 53.1 Å². The Bertz CT molecular complexity index is 877. The van der Waals surface area contributed by atoms with Crippen molar-refractivity contribution in [2.45, 2.75) is 20.4 Å². The van der Waals surface area contributed by atoms with Crippen molar-refractivity contribution in [2.75, 3.05) is 6.61 Å². The lowest BCUT2D eigenvalue weighted by Crippen LogP contribution is -2.27. The van der Waals surface area contributed by atoms with Crippen LogP contribution < -0.4 is 4.74 Å². The zero-order chi connectivity index (χ0) is 19.4. The quantitative estimate of drug-likeness (QED) is 0.533. The molecule has 0 radical (unpaired) electrons. The number of hydrogen-bond donors (Lipinski definition) is 0. The van der Waals surface area contributed by atoms with Gasteiger partial charge < -0.3 is 4.74 Å². The van der Waals surface area contributed by atoms with Crippen LogP contribution in [0.3, 0.4) is 0 Å². The van der Waals surface area contributed by atoms with Crippen molar-refractivity contribution >= 4 is 44.9 Å². The van der Waals surface area contributed by atoms with Crippen molar-refractivity contribution in [1.29, 1.82) is 0 Å². The Hall–Kier alpha value is -2.05. The molecule has 2 amide bonds. The minimum absolute atomic E-state index is 0.251. The molecule has 0 saturated carbocycles. The fraction of sp³-hybridized carbons (Fsp3) is 0.238. The van der Waals surface area contributed by atoms with Gasteiger partial charge in [0, 0.05) is 4.47 Å². The van der Waals surface area contributed by atoms with E-state index >= 15 is 0 Å². The van der Waals surface area contributed by atoms with Crippen LogP contribution in [0.25, 0.3) is 6.08 Å². The molecule has 0 N–H and O–H groups in total. The average molecular weight is 446 g/mol. The highest BCUT2D eigenvalue weighted by molar-refractivity contribution is 9.10. The van der Waals surface area contributed by atoms with Crippen LogP contribution in [-0.2, 0) is 11.3 Å². The maximum Gasteiger partial charge on any atom is 0.293 e. The van der Waals surface area contributed by atoms with Crippen LogP contribution in [0.1, 0.15) is 25.0 Å². The van der Waals surface area contributed by atoms with Gasteiger partial charge in [-0.3, -0.25) is 14.5 Å². The number of halogens is 1. The first kappa shape index (κ1) is 19.7. The van der Waals surface area contributed by atoms with Gasteiger partial charge >= 0.3 is 0 Å². The summed E-state index contributed by atoms with van der Waals surface area (Å²) < 4.78 is 6.55. The third-order valence-electron chi connectivity index (χ3n) is 3.92. The van der Waals surface area contributed by atoms with Gasteiger partial charge in [-0.1, -0.05) is 60.1 Å². The topological polar surface area (TPSA) is 46.6 Å². The minimum Gasteiger partial charge on any atom is -0.493 e. The smallest absolute Gasteiger partial charge is 0.293 e. The number of nitrogens with zero attached hydrogens (tertiary/aromatic N) is 1. The Kier molecular flexibility index (Phi) is 6.39. The Balaban J connectivity index is 1.71. The molecule has 6 heteroatoms. The summed E-state index contributed by atoms with van der Waals surface area (Å²) in [6.45, 7) is 5.11. The molecule has 0 spiro atoms. The molecule has 0 unspecified atom stereocenters. The largest absolute Gasteiger partial charge is 0.493 e. The van der Waals surface area contributed by atoms with Gasteiger partial charge in [-0.15, -0.1) is 0 Å². The van der Waals surface area contributed by atoms with Crippen LogP contribution >= 0.6 is 27.7 Å². The molecular weight excluding hydrogens is 426 g/mol. The molecule has 2 aromatic carbocycles. The molecule has 1 aliphatic heterocycles. The molecule has 4 nitrogen and oxygen atoms in total. The van der Waals surface area contributed by atoms with Gasteiger partial charge in [0.2, 0.25) is 0 Å². The lowest BCUT2D eigenvalue weighted by Gasteiger charge is -2.13. The van der Waals surface area contributed by atoms with E-state index in [2.05, 4.69) is 29.8 Å². The minimum atomic E-state index is -0.263. The summed E-state index contributed by atoms with van der Waals surface area (Å²) >= 11 is 4.43. The number of carbonyl (C=O) groups is 2. The van der Waals surface area contributed by atoms with Crippen LogP contribution in [0.4, 0.5) is 4.79 Å². The normalized spacial score (nSPS) is 15.9. The molecule has 0 atom stereocenters. The highest BCUT2D eigenvalue weighted by atomic mass is 79.9. The van der Waals surface area contributed by atoms with E-state index in [-0.39, 0.29) is 17.7 Å². The molecule has 0 aromatic heterocycles. The SMILES string of the molecule is CC(C)COc1ccc(/C=C2\SC(=O)N(Cc3ccccc3Br)C2=O)cc1. The van der Waals surface area contributed by atoms with E-state index in [1.54, 1.807) is 6.08 Å². The number of benzene rings is 2. The zero-order valence-corrected chi connectivity index (χ0v) is 17.5. The van der Waals surface area contributed by atoms with E-state index in [0.29, 0.717) is 17.4 Å². The van der Waals surface area contributed by atoms with Gasteiger partial charge in [0.05, 0.1) is 18.1 Å². The Morgan fingerprint density at radius 1 is 1.11 bits per heavy atom. The predicted octanol–water partition coefficient (Wildman–Crippen LogP) is 5.72. The molecular formula is C21H20BrNO3S. The van der Waals surface area contributed by atoms with Crippen molar-refractivity contribution in [3.05, 3.63) is 69.0 Å². The highest BCUT2D eigenvalue weighted by Crippen LogP contribution is 2.34. The molecule has 27 heavy (non-hydrogen) atoms. The fourth-order valence-electron chi connectivity index (χ4n) is 2.51. The standard InChI is InChI=1S/C21H20BrNO3S/c1-14(2)13-26-17-9-7-15(8-10-17)11-19-20(24)23(21(25)27-19)12-16-5-3-4-6-18(16)22/h3-11,14H,12-13H2,1-2H3/b19-11-. The van der Waals surface area contributed by atoms with Crippen LogP contribution in [0.5, 0.6) is 5.75 Å². The van der Waals surface area contributed by atoms with Gasteiger partial charge in [0.15, 0.2) is 0 Å². The first-order chi connectivity index (χ1) is 12.9. The zero-order valence-electron chi connectivity index (χ0n) is 15.1. The summed E-state index contributed by atoms with van der Waals surface area (Å²) in [5.74, 6) is 0.990. The third kappa shape index (κ3) is 5.02. The second kappa shape index (κ2) is 8.76. The molecule has 3 rings (SSSR count). The second-order valence-corrected chi connectivity index (χ2v) is 8.48. The molecule has 1 fully saturated rings. The molecule has 140 valence electrons. The van der Waals surface area contributed by atoms with Crippen molar-refractivity contribution < 1.29 is 14.3 Å². The first-order valence-electron chi connectivity index (χ1n) is 8.65. The molecule has 1 aliphatic rings.